The lowest BCUT2D eigenvalue weighted by Gasteiger charge is -2.41. The zero-order chi connectivity index (χ0) is 75.9. The van der Waals surface area contributed by atoms with Gasteiger partial charge in [-0.05, 0) is 175 Å². The van der Waals surface area contributed by atoms with Gasteiger partial charge in [-0.3, -0.25) is 4.79 Å². The molecule has 0 saturated carbocycles. The average molecular weight is 1490 g/mol. The van der Waals surface area contributed by atoms with Gasteiger partial charge in [0.2, 0.25) is 33.3 Å². The lowest BCUT2D eigenvalue weighted by Crippen LogP contribution is -2.46. The van der Waals surface area contributed by atoms with E-state index in [2.05, 4.69) is 271 Å². The molecule has 98 heavy (non-hydrogen) atoms. The highest BCUT2D eigenvalue weighted by molar-refractivity contribution is 6.78. The van der Waals surface area contributed by atoms with Gasteiger partial charge >= 0.3 is 0 Å². The molecule has 0 amide bonds. The van der Waals surface area contributed by atoms with Crippen LogP contribution >= 0.6 is 0 Å². The Morgan fingerprint density at radius 1 is 0.327 bits per heavy atom. The third-order valence-corrected chi connectivity index (χ3v) is 58.9. The molecule has 2 aliphatic rings. The normalized spacial score (nSPS) is 17.6. The van der Waals surface area contributed by atoms with Crippen molar-refractivity contribution in [2.45, 2.75) is 342 Å². The first-order valence-corrected chi connectivity index (χ1v) is 59.3. The maximum Gasteiger partial charge on any atom is 0.250 e. The lowest BCUT2D eigenvalue weighted by molar-refractivity contribution is -0.126. The third-order valence-electron chi connectivity index (χ3n) is 24.1. The molecule has 0 bridgehead atoms. The number of Topliss-reactive ketones (excluding diaryl/α,β-unsaturated/α-hetero) is 1. The molecular formula is C78H138O12Si8. The summed E-state index contributed by atoms with van der Waals surface area (Å²) in [4.78, 5) is 14.1. The predicted molar refractivity (Wildman–Crippen MR) is 434 cm³/mol. The van der Waals surface area contributed by atoms with Crippen molar-refractivity contribution in [3.8, 4) is 57.5 Å². The molecule has 20 heteroatoms. The highest BCUT2D eigenvalue weighted by Crippen LogP contribution is 2.53. The van der Waals surface area contributed by atoms with Gasteiger partial charge in [0, 0.05) is 53.8 Å². The van der Waals surface area contributed by atoms with E-state index in [4.69, 9.17) is 44.9 Å². The Morgan fingerprint density at radius 2 is 0.592 bits per heavy atom. The second-order valence-electron chi connectivity index (χ2n) is 40.6. The van der Waals surface area contributed by atoms with E-state index >= 15 is 0 Å². The number of benzene rings is 4. The van der Waals surface area contributed by atoms with Gasteiger partial charge in [0.05, 0.1) is 6.10 Å². The maximum absolute atomic E-state index is 14.1. The number of rotatable bonds is 18. The predicted octanol–water partition coefficient (Wildman–Crippen LogP) is 24.7. The SMILES string of the molecule is CC(C)(C)[Si](C)(C)Oc1cc2c(c(O[Si](C)(C)C(C)(C)C)c1)CC(=O)[C@@H](c1ccc(O[Si](C)(C)C(C)(C)C)c(O[Si](C)(C)C(C)(C)C)c1)O2.CC(C)(C)[Si](C)(C)Oc1cc2c(c(O[Si](C)(C)C(C)(C)C)c1)C[C@@H](O)[C@@H](c1ccc(O[Si](C)(C)C(C)(C)C)c(O[Si](C)(C)C(C)(C)C)c1)O2. The van der Waals surface area contributed by atoms with E-state index < -0.39 is 84.9 Å². The van der Waals surface area contributed by atoms with E-state index in [1.807, 2.05) is 60.7 Å². The summed E-state index contributed by atoms with van der Waals surface area (Å²) in [5, 5.41) is 11.8. The molecule has 3 atom stereocenters. The molecule has 0 aliphatic carbocycles. The molecule has 1 N–H and O–H groups in total. The quantitative estimate of drug-likeness (QED) is 0.0952. The van der Waals surface area contributed by atoms with Crippen LogP contribution < -0.4 is 44.9 Å². The van der Waals surface area contributed by atoms with Gasteiger partial charge in [0.1, 0.15) is 63.6 Å². The van der Waals surface area contributed by atoms with Gasteiger partial charge in [0.15, 0.2) is 11.9 Å². The van der Waals surface area contributed by atoms with E-state index in [0.717, 1.165) is 56.8 Å². The maximum atomic E-state index is 14.1. The monoisotopic (exact) mass is 1490 g/mol. The number of hydrogen-bond donors (Lipinski definition) is 1. The van der Waals surface area contributed by atoms with Crippen molar-refractivity contribution in [3.63, 3.8) is 0 Å². The largest absolute Gasteiger partial charge is 0.543 e. The summed E-state index contributed by atoms with van der Waals surface area (Å²) >= 11 is 0. The summed E-state index contributed by atoms with van der Waals surface area (Å²) in [6.45, 7) is 89.7. The van der Waals surface area contributed by atoms with Gasteiger partial charge in [-0.1, -0.05) is 178 Å². The van der Waals surface area contributed by atoms with Crippen molar-refractivity contribution in [1.29, 1.82) is 0 Å². The molecule has 12 nitrogen and oxygen atoms in total. The van der Waals surface area contributed by atoms with E-state index in [1.165, 1.54) is 0 Å². The second-order valence-corrected chi connectivity index (χ2v) is 78.4. The van der Waals surface area contributed by atoms with Crippen molar-refractivity contribution >= 4 is 72.3 Å². The Morgan fingerprint density at radius 3 is 0.918 bits per heavy atom. The Hall–Kier alpha value is -3.75. The molecule has 2 aliphatic heterocycles. The van der Waals surface area contributed by atoms with Crippen molar-refractivity contribution in [1.82, 2.24) is 0 Å². The van der Waals surface area contributed by atoms with Gasteiger partial charge in [-0.25, -0.2) is 0 Å². The number of ketones is 1. The van der Waals surface area contributed by atoms with Crippen LogP contribution in [0.2, 0.25) is 145 Å². The number of carbonyl (C=O) groups excluding carboxylic acids is 1. The van der Waals surface area contributed by atoms with Crippen LogP contribution in [0.5, 0.6) is 57.5 Å². The van der Waals surface area contributed by atoms with Crippen LogP contribution in [0.4, 0.5) is 0 Å². The fraction of sp³-hybridized carbons (Fsp3) is 0.679. The molecular weight excluding hydrogens is 1350 g/mol. The van der Waals surface area contributed by atoms with E-state index in [0.29, 0.717) is 29.4 Å². The summed E-state index contributed by atoms with van der Waals surface area (Å²) in [5.74, 6) is 7.20. The van der Waals surface area contributed by atoms with Crippen LogP contribution in [0.25, 0.3) is 0 Å². The Balaban J connectivity index is 0.000000354. The van der Waals surface area contributed by atoms with E-state index in [-0.39, 0.29) is 52.5 Å². The molecule has 0 unspecified atom stereocenters. The van der Waals surface area contributed by atoms with Crippen LogP contribution in [-0.2, 0) is 17.6 Å². The first-order valence-electron chi connectivity index (χ1n) is 36.1. The minimum atomic E-state index is -2.25. The minimum Gasteiger partial charge on any atom is -0.543 e. The van der Waals surface area contributed by atoms with Crippen molar-refractivity contribution in [2.75, 3.05) is 0 Å². The van der Waals surface area contributed by atoms with Crippen molar-refractivity contribution in [3.05, 3.63) is 82.9 Å². The zero-order valence-electron chi connectivity index (χ0n) is 69.4. The van der Waals surface area contributed by atoms with Crippen LogP contribution in [0, 0.1) is 0 Å². The summed E-state index contributed by atoms with van der Waals surface area (Å²) in [5.41, 5.74) is 3.31. The molecule has 554 valence electrons. The number of carbonyl (C=O) groups is 1. The Labute approximate surface area is 605 Å². The number of aliphatic hydroxyl groups excluding tert-OH is 1. The molecule has 0 fully saturated rings. The minimum absolute atomic E-state index is 0.00161. The first-order chi connectivity index (χ1) is 43.4. The Bertz CT molecular complexity index is 3480. The van der Waals surface area contributed by atoms with Crippen molar-refractivity contribution in [2.24, 2.45) is 0 Å². The van der Waals surface area contributed by atoms with Gasteiger partial charge in [-0.15, -0.1) is 0 Å². The van der Waals surface area contributed by atoms with Crippen LogP contribution in [-0.4, -0.2) is 83.5 Å². The van der Waals surface area contributed by atoms with Gasteiger partial charge < -0.3 is 50.0 Å². The zero-order valence-corrected chi connectivity index (χ0v) is 77.4. The number of fused-ring (bicyclic) bond motifs is 2. The summed E-state index contributed by atoms with van der Waals surface area (Å²) < 4.78 is 68.6. The summed E-state index contributed by atoms with van der Waals surface area (Å²) in [6, 6.07) is 20.0. The highest BCUT2D eigenvalue weighted by atomic mass is 28.4. The van der Waals surface area contributed by atoms with Crippen LogP contribution in [0.15, 0.2) is 60.7 Å². The topological polar surface area (TPSA) is 130 Å². The fourth-order valence-corrected chi connectivity index (χ4v) is 17.0. The molecule has 0 radical (unpaired) electrons. The molecule has 4 aromatic carbocycles. The molecule has 2 heterocycles. The first kappa shape index (κ1) is 84.9. The molecule has 4 aromatic rings. The molecule has 0 spiro atoms. The van der Waals surface area contributed by atoms with Crippen molar-refractivity contribution < 1.29 is 54.8 Å². The van der Waals surface area contributed by atoms with Crippen LogP contribution in [0.3, 0.4) is 0 Å². The third kappa shape index (κ3) is 19.5. The molecule has 0 saturated heterocycles. The Kier molecular flexibility index (Phi) is 24.3. The number of aliphatic hydroxyl groups is 1. The number of hydrogen-bond acceptors (Lipinski definition) is 12. The molecule has 6 rings (SSSR count). The van der Waals surface area contributed by atoms with Gasteiger partial charge in [0.25, 0.3) is 33.3 Å². The molecule has 0 aromatic heterocycles. The smallest absolute Gasteiger partial charge is 0.250 e. The fourth-order valence-electron chi connectivity index (χ4n) is 8.79. The highest BCUT2D eigenvalue weighted by Gasteiger charge is 2.49. The van der Waals surface area contributed by atoms with E-state index in [1.54, 1.807) is 0 Å². The summed E-state index contributed by atoms with van der Waals surface area (Å²) in [7, 11) is -17.6. The van der Waals surface area contributed by atoms with Gasteiger partial charge in [-0.2, -0.15) is 0 Å². The van der Waals surface area contributed by atoms with E-state index in [9.17, 15) is 9.90 Å². The lowest BCUT2D eigenvalue weighted by atomic mass is 9.94. The average Bonchev–Trinajstić information content (AvgIpc) is 0.765. The second kappa shape index (κ2) is 28.0. The number of ether oxygens (including phenoxy) is 2. The standard InChI is InChI=1S/C39H70O6Si4.C39H68O6Si4/c2*1-36(2,3)46(13,14)42-28-24-32-29(33(25-28)44-48(17,18)38(7,8)9)26-30(40)35(41-32)27-21-22-31(43-47(15,16)37(4,5)6)34(23-27)45-49(19,20)39(10,11)12/h21-25,30,35,40H,26H2,1-20H3;21-25,35H,26H2,1-20H3/t30-,35-;35-/m11/s1. The van der Waals surface area contributed by atoms with Crippen LogP contribution in [0.1, 0.15) is 201 Å². The summed E-state index contributed by atoms with van der Waals surface area (Å²) in [6.07, 6.45) is -1.55.